The molecule has 0 fully saturated rings. The lowest BCUT2D eigenvalue weighted by atomic mass is 10.3. The van der Waals surface area contributed by atoms with Gasteiger partial charge in [-0.2, -0.15) is 11.8 Å². The Hall–Kier alpha value is -1.27. The van der Waals surface area contributed by atoms with Gasteiger partial charge in [-0.15, -0.1) is 0 Å². The molecule has 3 N–H and O–H groups in total. The predicted octanol–water partition coefficient (Wildman–Crippen LogP) is 1.87. The maximum absolute atomic E-state index is 11.5. The Morgan fingerprint density at radius 1 is 1.37 bits per heavy atom. The van der Waals surface area contributed by atoms with Crippen molar-refractivity contribution in [1.29, 1.82) is 0 Å². The first-order chi connectivity index (χ1) is 9.33. The maximum Gasteiger partial charge on any atom is 0.275 e. The predicted molar refractivity (Wildman–Crippen MR) is 80.7 cm³/mol. The van der Waals surface area contributed by atoms with Gasteiger partial charge in [-0.25, -0.2) is 4.98 Å². The summed E-state index contributed by atoms with van der Waals surface area (Å²) in [5, 5.41) is 3.39. The van der Waals surface area contributed by atoms with Crippen LogP contribution in [-0.2, 0) is 6.54 Å². The molecule has 2 heterocycles. The van der Waals surface area contributed by atoms with E-state index in [9.17, 15) is 4.79 Å². The molecule has 0 aliphatic carbocycles. The Morgan fingerprint density at radius 2 is 2.26 bits per heavy atom. The standard InChI is InChI=1S/C13H20N4OS/c1-2-5-19-6-3-4-14-7-10-8-15-12-11(10)16-9-17-13(12)18/h8-9,14-15H,2-7H2,1H3,(H,16,17,18). The van der Waals surface area contributed by atoms with Crippen LogP contribution in [0, 0.1) is 0 Å². The highest BCUT2D eigenvalue weighted by molar-refractivity contribution is 7.99. The molecule has 0 aliphatic rings. The number of nitrogens with zero attached hydrogens (tertiary/aromatic N) is 1. The van der Waals surface area contributed by atoms with E-state index in [1.54, 1.807) is 0 Å². The van der Waals surface area contributed by atoms with E-state index in [0.717, 1.165) is 24.2 Å². The van der Waals surface area contributed by atoms with Crippen molar-refractivity contribution >= 4 is 22.8 Å². The minimum absolute atomic E-state index is 0.118. The number of thioether (sulfide) groups is 1. The number of aromatic nitrogens is 3. The third-order valence-corrected chi connectivity index (χ3v) is 4.13. The van der Waals surface area contributed by atoms with E-state index in [2.05, 4.69) is 27.2 Å². The van der Waals surface area contributed by atoms with Gasteiger partial charge in [0, 0.05) is 18.3 Å². The van der Waals surface area contributed by atoms with Crippen molar-refractivity contribution in [1.82, 2.24) is 20.3 Å². The zero-order valence-corrected chi connectivity index (χ0v) is 12.0. The van der Waals surface area contributed by atoms with E-state index in [1.807, 2.05) is 18.0 Å². The molecule has 104 valence electrons. The first-order valence-corrected chi connectivity index (χ1v) is 7.80. The Labute approximate surface area is 116 Å². The van der Waals surface area contributed by atoms with E-state index < -0.39 is 0 Å². The van der Waals surface area contributed by atoms with Gasteiger partial charge in [0.2, 0.25) is 0 Å². The Kier molecular flexibility index (Phi) is 5.47. The summed E-state index contributed by atoms with van der Waals surface area (Å²) >= 11 is 2.00. The van der Waals surface area contributed by atoms with Crippen LogP contribution < -0.4 is 10.9 Å². The Bertz CT molecular complexity index is 563. The molecule has 2 rings (SSSR count). The summed E-state index contributed by atoms with van der Waals surface area (Å²) in [6.45, 7) is 3.94. The number of H-pyrrole nitrogens is 2. The van der Waals surface area contributed by atoms with Crippen molar-refractivity contribution in [3.8, 4) is 0 Å². The average molecular weight is 280 g/mol. The van der Waals surface area contributed by atoms with Crippen molar-refractivity contribution in [2.24, 2.45) is 0 Å². The van der Waals surface area contributed by atoms with Gasteiger partial charge in [0.1, 0.15) is 5.52 Å². The minimum atomic E-state index is -0.118. The summed E-state index contributed by atoms with van der Waals surface area (Å²) < 4.78 is 0. The minimum Gasteiger partial charge on any atom is -0.355 e. The van der Waals surface area contributed by atoms with Gasteiger partial charge in [0.25, 0.3) is 5.56 Å². The van der Waals surface area contributed by atoms with Gasteiger partial charge >= 0.3 is 0 Å². The number of hydrogen-bond donors (Lipinski definition) is 3. The summed E-state index contributed by atoms with van der Waals surface area (Å²) in [6.07, 6.45) is 5.71. The molecule has 0 spiro atoms. The summed E-state index contributed by atoms with van der Waals surface area (Å²) in [7, 11) is 0. The van der Waals surface area contributed by atoms with Crippen LogP contribution in [0.1, 0.15) is 25.3 Å². The third-order valence-electron chi connectivity index (χ3n) is 2.85. The molecule has 5 nitrogen and oxygen atoms in total. The van der Waals surface area contributed by atoms with Crippen LogP contribution in [0.5, 0.6) is 0 Å². The van der Waals surface area contributed by atoms with Gasteiger partial charge in [-0.3, -0.25) is 4.79 Å². The van der Waals surface area contributed by atoms with Crippen LogP contribution in [0.3, 0.4) is 0 Å². The van der Waals surface area contributed by atoms with Crippen molar-refractivity contribution < 1.29 is 0 Å². The molecule has 0 saturated heterocycles. The fraction of sp³-hybridized carbons (Fsp3) is 0.538. The van der Waals surface area contributed by atoms with Crippen LogP contribution in [0.2, 0.25) is 0 Å². The first kappa shape index (κ1) is 14.1. The highest BCUT2D eigenvalue weighted by atomic mass is 32.2. The average Bonchev–Trinajstić information content (AvgIpc) is 2.83. The van der Waals surface area contributed by atoms with E-state index in [-0.39, 0.29) is 5.56 Å². The molecule has 0 amide bonds. The van der Waals surface area contributed by atoms with E-state index in [1.165, 1.54) is 30.7 Å². The largest absolute Gasteiger partial charge is 0.355 e. The van der Waals surface area contributed by atoms with Gasteiger partial charge in [0.15, 0.2) is 0 Å². The fourth-order valence-electron chi connectivity index (χ4n) is 1.91. The smallest absolute Gasteiger partial charge is 0.275 e. The molecule has 2 aromatic heterocycles. The third kappa shape index (κ3) is 3.84. The molecular weight excluding hydrogens is 260 g/mol. The maximum atomic E-state index is 11.5. The molecule has 0 bridgehead atoms. The molecule has 0 radical (unpaired) electrons. The number of fused-ring (bicyclic) bond motifs is 1. The lowest BCUT2D eigenvalue weighted by molar-refractivity contribution is 0.680. The van der Waals surface area contributed by atoms with Crippen LogP contribution >= 0.6 is 11.8 Å². The zero-order chi connectivity index (χ0) is 13.5. The summed E-state index contributed by atoms with van der Waals surface area (Å²) in [4.78, 5) is 21.3. The monoisotopic (exact) mass is 280 g/mol. The molecule has 0 unspecified atom stereocenters. The Balaban J connectivity index is 1.79. The quantitative estimate of drug-likeness (QED) is 0.645. The van der Waals surface area contributed by atoms with Crippen molar-refractivity contribution in [3.05, 3.63) is 28.4 Å². The molecular formula is C13H20N4OS. The van der Waals surface area contributed by atoms with Crippen LogP contribution in [0.25, 0.3) is 11.0 Å². The van der Waals surface area contributed by atoms with Gasteiger partial charge < -0.3 is 15.3 Å². The van der Waals surface area contributed by atoms with Crippen LogP contribution in [0.4, 0.5) is 0 Å². The highest BCUT2D eigenvalue weighted by Crippen LogP contribution is 2.11. The summed E-state index contributed by atoms with van der Waals surface area (Å²) in [5.41, 5.74) is 2.24. The molecule has 6 heteroatoms. The zero-order valence-electron chi connectivity index (χ0n) is 11.2. The molecule has 0 aliphatic heterocycles. The molecule has 19 heavy (non-hydrogen) atoms. The number of aromatic amines is 2. The molecule has 2 aromatic rings. The normalized spacial score (nSPS) is 11.2. The van der Waals surface area contributed by atoms with Crippen molar-refractivity contribution in [2.75, 3.05) is 18.1 Å². The van der Waals surface area contributed by atoms with Gasteiger partial charge in [0.05, 0.1) is 11.8 Å². The second-order valence-corrected chi connectivity index (χ2v) is 5.64. The SMILES string of the molecule is CCCSCCCNCc1c[nH]c2c(=O)[nH]cnc12. The summed E-state index contributed by atoms with van der Waals surface area (Å²) in [6, 6.07) is 0. The van der Waals surface area contributed by atoms with Crippen LogP contribution in [-0.4, -0.2) is 33.0 Å². The second-order valence-electron chi connectivity index (χ2n) is 4.41. The van der Waals surface area contributed by atoms with Crippen molar-refractivity contribution in [2.45, 2.75) is 26.3 Å². The highest BCUT2D eigenvalue weighted by Gasteiger charge is 2.06. The Morgan fingerprint density at radius 3 is 3.11 bits per heavy atom. The molecule has 0 atom stereocenters. The topological polar surface area (TPSA) is 73.6 Å². The van der Waals surface area contributed by atoms with Crippen LogP contribution in [0.15, 0.2) is 17.3 Å². The van der Waals surface area contributed by atoms with Crippen molar-refractivity contribution in [3.63, 3.8) is 0 Å². The number of rotatable bonds is 8. The first-order valence-electron chi connectivity index (χ1n) is 6.65. The summed E-state index contributed by atoms with van der Waals surface area (Å²) in [5.74, 6) is 2.45. The van der Waals surface area contributed by atoms with E-state index in [0.29, 0.717) is 5.52 Å². The fourth-order valence-corrected chi connectivity index (χ4v) is 2.75. The number of hydrogen-bond acceptors (Lipinski definition) is 4. The molecule has 0 aromatic carbocycles. The molecule has 0 saturated carbocycles. The van der Waals surface area contributed by atoms with E-state index >= 15 is 0 Å². The van der Waals surface area contributed by atoms with E-state index in [4.69, 9.17) is 0 Å². The lowest BCUT2D eigenvalue weighted by Crippen LogP contribution is -2.15. The lowest BCUT2D eigenvalue weighted by Gasteiger charge is -2.03. The van der Waals surface area contributed by atoms with Gasteiger partial charge in [-0.1, -0.05) is 6.92 Å². The van der Waals surface area contributed by atoms with Gasteiger partial charge in [-0.05, 0) is 30.9 Å². The number of nitrogens with one attached hydrogen (secondary N) is 3. The second kappa shape index (κ2) is 7.35.